The maximum atomic E-state index is 13.3. The second kappa shape index (κ2) is 6.84. The molecule has 0 atom stereocenters. The average molecular weight is 441 g/mol. The monoisotopic (exact) mass is 440 g/mol. The molecule has 1 aliphatic carbocycles. The van der Waals surface area contributed by atoms with Crippen LogP contribution in [0.15, 0.2) is 62.1 Å². The van der Waals surface area contributed by atoms with E-state index in [9.17, 15) is 13.2 Å². The Kier molecular flexibility index (Phi) is 4.54. The number of aryl methyl sites for hydroxylation is 1. The first kappa shape index (κ1) is 20.6. The summed E-state index contributed by atoms with van der Waals surface area (Å²) in [5, 5.41) is 11.9. The Bertz CT molecular complexity index is 1150. The van der Waals surface area contributed by atoms with Gasteiger partial charge in [-0.2, -0.15) is 9.42 Å². The van der Waals surface area contributed by atoms with Gasteiger partial charge in [-0.05, 0) is 43.7 Å². The van der Waals surface area contributed by atoms with Gasteiger partial charge < -0.3 is 5.32 Å². The molecule has 0 amide bonds. The number of azo groups is 1. The van der Waals surface area contributed by atoms with E-state index in [1.807, 2.05) is 19.1 Å². The van der Waals surface area contributed by atoms with E-state index in [1.165, 1.54) is 0 Å². The predicted octanol–water partition coefficient (Wildman–Crippen LogP) is 3.69. The lowest BCUT2D eigenvalue weighted by atomic mass is 9.60. The maximum Gasteiger partial charge on any atom is 0.243 e. The summed E-state index contributed by atoms with van der Waals surface area (Å²) in [4.78, 5) is 13.6. The zero-order valence-electron chi connectivity index (χ0n) is 18.2. The number of ketones is 1. The number of piperidine rings is 1. The van der Waals surface area contributed by atoms with Gasteiger partial charge in [0, 0.05) is 41.8 Å². The zero-order chi connectivity index (χ0) is 22.0. The number of fused-ring (bicyclic) bond motifs is 2. The molecule has 0 saturated carbocycles. The van der Waals surface area contributed by atoms with Crippen LogP contribution in [0.5, 0.6) is 0 Å². The molecule has 0 unspecified atom stereocenters. The van der Waals surface area contributed by atoms with Crippen LogP contribution in [0.1, 0.15) is 45.1 Å². The highest BCUT2D eigenvalue weighted by atomic mass is 32.2. The van der Waals surface area contributed by atoms with E-state index >= 15 is 0 Å². The summed E-state index contributed by atoms with van der Waals surface area (Å²) in [5.41, 5.74) is 3.31. The van der Waals surface area contributed by atoms with Gasteiger partial charge in [-0.3, -0.25) is 4.79 Å². The average Bonchev–Trinajstić information content (AvgIpc) is 3.16. The summed E-state index contributed by atoms with van der Waals surface area (Å²) in [7, 11) is -3.56. The molecule has 4 aliphatic rings. The van der Waals surface area contributed by atoms with Gasteiger partial charge in [0.15, 0.2) is 11.6 Å². The minimum absolute atomic E-state index is 0.104. The Labute approximate surface area is 183 Å². The van der Waals surface area contributed by atoms with Crippen molar-refractivity contribution >= 4 is 15.8 Å². The molecule has 5 rings (SSSR count). The molecule has 164 valence electrons. The van der Waals surface area contributed by atoms with E-state index in [-0.39, 0.29) is 11.2 Å². The van der Waals surface area contributed by atoms with Crippen molar-refractivity contribution in [1.29, 1.82) is 0 Å². The van der Waals surface area contributed by atoms with Gasteiger partial charge in [0.1, 0.15) is 0 Å². The van der Waals surface area contributed by atoms with Crippen molar-refractivity contribution in [3.63, 3.8) is 0 Å². The van der Waals surface area contributed by atoms with Crippen LogP contribution in [0.25, 0.3) is 0 Å². The number of sulfonamides is 1. The minimum atomic E-state index is -3.56. The van der Waals surface area contributed by atoms with Gasteiger partial charge in [-0.15, -0.1) is 5.11 Å². The molecule has 1 saturated heterocycles. The summed E-state index contributed by atoms with van der Waals surface area (Å²) >= 11 is 0. The number of carbonyl (C=O) groups excluding carboxylic acids is 1. The van der Waals surface area contributed by atoms with Crippen LogP contribution in [0, 0.1) is 17.8 Å². The van der Waals surface area contributed by atoms with E-state index in [4.69, 9.17) is 0 Å². The van der Waals surface area contributed by atoms with E-state index < -0.39 is 15.4 Å². The third-order valence-corrected chi connectivity index (χ3v) is 9.03. The Balaban J connectivity index is 1.49. The van der Waals surface area contributed by atoms with Crippen LogP contribution >= 0.6 is 0 Å². The first-order valence-corrected chi connectivity index (χ1v) is 12.3. The van der Waals surface area contributed by atoms with Gasteiger partial charge in [-0.1, -0.05) is 31.5 Å². The highest BCUT2D eigenvalue weighted by Crippen LogP contribution is 2.55. The van der Waals surface area contributed by atoms with Gasteiger partial charge in [0.2, 0.25) is 10.0 Å². The van der Waals surface area contributed by atoms with Crippen molar-refractivity contribution in [1.82, 2.24) is 9.62 Å². The van der Waals surface area contributed by atoms with E-state index in [2.05, 4.69) is 29.4 Å². The number of Topliss-reactive ketones (excluding diaryl/α,β-unsaturated/α-hetero) is 1. The van der Waals surface area contributed by atoms with Crippen LogP contribution in [0.3, 0.4) is 0 Å². The number of nitrogens with zero attached hydrogens (tertiary/aromatic N) is 3. The molecule has 1 aromatic carbocycles. The lowest BCUT2D eigenvalue weighted by Crippen LogP contribution is -2.50. The Hall–Kier alpha value is -2.32. The number of hydrogen-bond donors (Lipinski definition) is 1. The molecule has 1 fully saturated rings. The molecule has 31 heavy (non-hydrogen) atoms. The quantitative estimate of drug-likeness (QED) is 0.759. The van der Waals surface area contributed by atoms with Gasteiger partial charge in [-0.25, -0.2) is 8.42 Å². The third kappa shape index (κ3) is 3.19. The largest absolute Gasteiger partial charge is 0.342 e. The third-order valence-electron chi connectivity index (χ3n) is 7.12. The molecule has 1 N–H and O–H groups in total. The molecule has 1 aromatic rings. The molecule has 0 radical (unpaired) electrons. The fourth-order valence-electron chi connectivity index (χ4n) is 5.59. The Morgan fingerprint density at radius 2 is 1.74 bits per heavy atom. The van der Waals surface area contributed by atoms with Crippen molar-refractivity contribution in [2.24, 2.45) is 21.1 Å². The first-order chi connectivity index (χ1) is 14.6. The number of carbonyl (C=O) groups is 1. The highest BCUT2D eigenvalue weighted by Gasteiger charge is 2.53. The van der Waals surface area contributed by atoms with Gasteiger partial charge in [0.05, 0.1) is 11.4 Å². The Morgan fingerprint density at radius 3 is 2.42 bits per heavy atom. The molecular formula is C23H28N4O3S. The fourth-order valence-corrected chi connectivity index (χ4v) is 7.03. The lowest BCUT2D eigenvalue weighted by molar-refractivity contribution is -0.119. The molecule has 3 aliphatic heterocycles. The summed E-state index contributed by atoms with van der Waals surface area (Å²) in [6.07, 6.45) is 2.45. The molecule has 3 heterocycles. The number of rotatable bonds is 2. The number of dihydropyridines is 1. The van der Waals surface area contributed by atoms with E-state index in [0.717, 1.165) is 34.6 Å². The van der Waals surface area contributed by atoms with Crippen LogP contribution < -0.4 is 5.32 Å². The second-order valence-electron chi connectivity index (χ2n) is 9.95. The first-order valence-electron chi connectivity index (χ1n) is 10.8. The van der Waals surface area contributed by atoms with Crippen LogP contribution in [0.2, 0.25) is 0 Å². The molecule has 0 bridgehead atoms. The number of hydrogen-bond acceptors (Lipinski definition) is 6. The van der Waals surface area contributed by atoms with E-state index in [1.54, 1.807) is 16.4 Å². The summed E-state index contributed by atoms with van der Waals surface area (Å²) in [5.74, 6) is 0.936. The second-order valence-corrected chi connectivity index (χ2v) is 11.9. The number of allylic oxidation sites excluding steroid dienone is 2. The van der Waals surface area contributed by atoms with Crippen molar-refractivity contribution in [3.05, 3.63) is 52.5 Å². The normalized spacial score (nSPS) is 24.9. The van der Waals surface area contributed by atoms with Crippen molar-refractivity contribution in [3.8, 4) is 0 Å². The summed E-state index contributed by atoms with van der Waals surface area (Å²) in [6, 6.07) is 6.98. The highest BCUT2D eigenvalue weighted by molar-refractivity contribution is 7.89. The molecule has 0 aromatic heterocycles. The standard InChI is InChI=1S/C23H28N4O3S/c1-15-4-6-16(7-5-15)31(29,30)27-10-8-23(9-11-27)17-14-24-26-21(17)25-18-12-22(2,3)13-19(28)20(18)23/h4-7,25H,8-14H2,1-3H3. The van der Waals surface area contributed by atoms with E-state index in [0.29, 0.717) is 43.8 Å². The molecule has 8 heteroatoms. The minimum Gasteiger partial charge on any atom is -0.342 e. The maximum absolute atomic E-state index is 13.3. The summed E-state index contributed by atoms with van der Waals surface area (Å²) in [6.45, 7) is 7.38. The van der Waals surface area contributed by atoms with Crippen molar-refractivity contribution in [2.75, 3.05) is 19.6 Å². The molecule has 1 spiro atoms. The van der Waals surface area contributed by atoms with Gasteiger partial charge >= 0.3 is 0 Å². The predicted molar refractivity (Wildman–Crippen MR) is 117 cm³/mol. The fraction of sp³-hybridized carbons (Fsp3) is 0.522. The molecular weight excluding hydrogens is 412 g/mol. The lowest BCUT2D eigenvalue weighted by Gasteiger charge is -2.48. The SMILES string of the molecule is Cc1ccc(S(=O)(=O)N2CCC3(CC2)C2=C(N=NC2)NC2=C3C(=O)CC(C)(C)C2)cc1. The number of nitrogens with one attached hydrogen (secondary N) is 1. The summed E-state index contributed by atoms with van der Waals surface area (Å²) < 4.78 is 28.0. The van der Waals surface area contributed by atoms with Crippen LogP contribution in [-0.4, -0.2) is 38.1 Å². The van der Waals surface area contributed by atoms with Crippen LogP contribution in [0.4, 0.5) is 0 Å². The van der Waals surface area contributed by atoms with Crippen LogP contribution in [-0.2, 0) is 14.8 Å². The smallest absolute Gasteiger partial charge is 0.243 e. The number of benzene rings is 1. The molecule has 7 nitrogen and oxygen atoms in total. The topological polar surface area (TPSA) is 91.2 Å². The van der Waals surface area contributed by atoms with Gasteiger partial charge in [0.25, 0.3) is 0 Å². The van der Waals surface area contributed by atoms with Crippen molar-refractivity contribution < 1.29 is 13.2 Å². The van der Waals surface area contributed by atoms with Crippen molar-refractivity contribution in [2.45, 2.75) is 51.3 Å². The Morgan fingerprint density at radius 1 is 1.06 bits per heavy atom. The zero-order valence-corrected chi connectivity index (χ0v) is 19.1.